The van der Waals surface area contributed by atoms with E-state index in [0.29, 0.717) is 6.54 Å². The molecule has 0 aromatic heterocycles. The third kappa shape index (κ3) is 4.00. The van der Waals surface area contributed by atoms with Gasteiger partial charge in [0.2, 0.25) is 0 Å². The number of nitrogens with one attached hydrogen (secondary N) is 2. The van der Waals surface area contributed by atoms with Crippen molar-refractivity contribution in [2.75, 3.05) is 13.6 Å². The molecule has 0 saturated heterocycles. The van der Waals surface area contributed by atoms with E-state index in [1.807, 2.05) is 0 Å². The highest BCUT2D eigenvalue weighted by Gasteiger charge is 2.07. The van der Waals surface area contributed by atoms with E-state index < -0.39 is 0 Å². The summed E-state index contributed by atoms with van der Waals surface area (Å²) in [5, 5.41) is 9.89. The monoisotopic (exact) mass is 169 g/mol. The van der Waals surface area contributed by atoms with E-state index in [0.717, 1.165) is 12.7 Å². The van der Waals surface area contributed by atoms with Crippen LogP contribution in [0.3, 0.4) is 0 Å². The first kappa shape index (κ1) is 11.0. The molecule has 0 radical (unpaired) electrons. The van der Waals surface area contributed by atoms with Crippen molar-refractivity contribution in [1.82, 2.24) is 10.2 Å². The van der Waals surface area contributed by atoms with Gasteiger partial charge in [0.1, 0.15) is 13.7 Å². The minimum Gasteiger partial charge on any atom is -0.338 e. The van der Waals surface area contributed by atoms with E-state index >= 15 is 0 Å². The standard InChI is InChI=1S/C7H16BN3O/c1-6(9)11(2)7(12)10-5-3-4-8/h9H,3-5,8H2,1-2H3,(H,10,12). The maximum absolute atomic E-state index is 11.1. The fourth-order valence-corrected chi connectivity index (χ4v) is 0.643. The van der Waals surface area contributed by atoms with Gasteiger partial charge in [0.25, 0.3) is 0 Å². The number of carbonyl (C=O) groups is 1. The summed E-state index contributed by atoms with van der Waals surface area (Å²) in [6.45, 7) is 2.27. The van der Waals surface area contributed by atoms with Crippen molar-refractivity contribution in [3.63, 3.8) is 0 Å². The molecule has 0 heterocycles. The number of urea groups is 1. The SMILES string of the molecule is BCCCNC(=O)N(C)C(C)=N. The number of amidine groups is 1. The average Bonchev–Trinajstić information content (AvgIpc) is 2.03. The zero-order chi connectivity index (χ0) is 9.56. The van der Waals surface area contributed by atoms with Crippen LogP contribution in [-0.2, 0) is 0 Å². The fourth-order valence-electron chi connectivity index (χ4n) is 0.643. The Balaban J connectivity index is 3.65. The van der Waals surface area contributed by atoms with Crippen LogP contribution < -0.4 is 5.32 Å². The van der Waals surface area contributed by atoms with Crippen LogP contribution in [0.1, 0.15) is 13.3 Å². The molecule has 4 nitrogen and oxygen atoms in total. The molecule has 0 bridgehead atoms. The molecule has 0 aromatic rings. The van der Waals surface area contributed by atoms with E-state index in [9.17, 15) is 4.79 Å². The number of rotatable bonds is 3. The van der Waals surface area contributed by atoms with Crippen molar-refractivity contribution in [2.24, 2.45) is 0 Å². The first-order valence-corrected chi connectivity index (χ1v) is 4.16. The van der Waals surface area contributed by atoms with Crippen LogP contribution in [0.4, 0.5) is 4.79 Å². The van der Waals surface area contributed by atoms with E-state index in [-0.39, 0.29) is 11.9 Å². The molecule has 5 heteroatoms. The Morgan fingerprint density at radius 3 is 2.67 bits per heavy atom. The van der Waals surface area contributed by atoms with Crippen molar-refractivity contribution in [1.29, 1.82) is 5.41 Å². The van der Waals surface area contributed by atoms with Gasteiger partial charge in [-0.1, -0.05) is 6.32 Å². The van der Waals surface area contributed by atoms with Crippen molar-refractivity contribution >= 4 is 19.7 Å². The molecule has 0 aromatic carbocycles. The van der Waals surface area contributed by atoms with E-state index in [4.69, 9.17) is 5.41 Å². The normalized spacial score (nSPS) is 9.17. The Labute approximate surface area is 74.2 Å². The Kier molecular flexibility index (Phi) is 5.16. The predicted octanol–water partition coefficient (Wildman–Crippen LogP) is 0.0665. The Morgan fingerprint density at radius 2 is 2.25 bits per heavy atom. The van der Waals surface area contributed by atoms with Gasteiger partial charge >= 0.3 is 6.03 Å². The molecule has 0 unspecified atom stereocenters. The second-order valence-corrected chi connectivity index (χ2v) is 2.73. The second-order valence-electron chi connectivity index (χ2n) is 2.73. The lowest BCUT2D eigenvalue weighted by Crippen LogP contribution is -2.40. The molecule has 0 saturated carbocycles. The van der Waals surface area contributed by atoms with Gasteiger partial charge in [0, 0.05) is 13.6 Å². The van der Waals surface area contributed by atoms with Crippen LogP contribution in [0.25, 0.3) is 0 Å². The fraction of sp³-hybridized carbons (Fsp3) is 0.714. The molecule has 12 heavy (non-hydrogen) atoms. The van der Waals surface area contributed by atoms with Crippen LogP contribution in [-0.4, -0.2) is 38.2 Å². The highest BCUT2D eigenvalue weighted by Crippen LogP contribution is 1.87. The van der Waals surface area contributed by atoms with Crippen molar-refractivity contribution in [3.05, 3.63) is 0 Å². The summed E-state index contributed by atoms with van der Waals surface area (Å²) in [5.74, 6) is 0.254. The largest absolute Gasteiger partial charge is 0.338 e. The van der Waals surface area contributed by atoms with Crippen LogP contribution in [0.2, 0.25) is 6.32 Å². The lowest BCUT2D eigenvalue weighted by molar-refractivity contribution is 0.226. The summed E-state index contributed by atoms with van der Waals surface area (Å²) in [6.07, 6.45) is 2.05. The molecule has 68 valence electrons. The van der Waals surface area contributed by atoms with Gasteiger partial charge in [-0.3, -0.25) is 10.3 Å². The van der Waals surface area contributed by atoms with Crippen LogP contribution in [0.5, 0.6) is 0 Å². The quantitative estimate of drug-likeness (QED) is 0.267. The Hall–Kier alpha value is -0.995. The van der Waals surface area contributed by atoms with Gasteiger partial charge in [-0.05, 0) is 13.3 Å². The molecule has 0 atom stereocenters. The van der Waals surface area contributed by atoms with Crippen molar-refractivity contribution in [3.8, 4) is 0 Å². The number of hydrogen-bond donors (Lipinski definition) is 2. The summed E-state index contributed by atoms with van der Waals surface area (Å²) in [5.41, 5.74) is 0. The summed E-state index contributed by atoms with van der Waals surface area (Å²) in [4.78, 5) is 12.4. The predicted molar refractivity (Wildman–Crippen MR) is 52.5 cm³/mol. The molecule has 2 N–H and O–H groups in total. The van der Waals surface area contributed by atoms with Crippen molar-refractivity contribution in [2.45, 2.75) is 19.7 Å². The molecular weight excluding hydrogens is 153 g/mol. The summed E-state index contributed by atoms with van der Waals surface area (Å²) >= 11 is 0. The summed E-state index contributed by atoms with van der Waals surface area (Å²) < 4.78 is 0. The minimum atomic E-state index is -0.198. The van der Waals surface area contributed by atoms with E-state index in [1.54, 1.807) is 14.0 Å². The minimum absolute atomic E-state index is 0.198. The van der Waals surface area contributed by atoms with E-state index in [2.05, 4.69) is 13.2 Å². The zero-order valence-electron chi connectivity index (χ0n) is 7.98. The molecule has 0 aliphatic rings. The summed E-state index contributed by atoms with van der Waals surface area (Å²) in [7, 11) is 3.65. The van der Waals surface area contributed by atoms with Crippen LogP contribution in [0.15, 0.2) is 0 Å². The first-order valence-electron chi connectivity index (χ1n) is 4.16. The maximum atomic E-state index is 11.1. The number of nitrogens with zero attached hydrogens (tertiary/aromatic N) is 1. The van der Waals surface area contributed by atoms with Gasteiger partial charge in [-0.25, -0.2) is 4.79 Å². The van der Waals surface area contributed by atoms with Crippen LogP contribution in [0, 0.1) is 5.41 Å². The zero-order valence-corrected chi connectivity index (χ0v) is 7.98. The Morgan fingerprint density at radius 1 is 1.67 bits per heavy atom. The van der Waals surface area contributed by atoms with Gasteiger partial charge < -0.3 is 5.32 Å². The number of hydrogen-bond acceptors (Lipinski definition) is 2. The maximum Gasteiger partial charge on any atom is 0.322 e. The molecule has 2 amide bonds. The van der Waals surface area contributed by atoms with Gasteiger partial charge in [0.15, 0.2) is 0 Å². The van der Waals surface area contributed by atoms with E-state index in [1.165, 1.54) is 4.90 Å². The van der Waals surface area contributed by atoms with Gasteiger partial charge in [-0.15, -0.1) is 0 Å². The third-order valence-electron chi connectivity index (χ3n) is 1.61. The lowest BCUT2D eigenvalue weighted by Gasteiger charge is -2.15. The Bertz CT molecular complexity index is 172. The third-order valence-corrected chi connectivity index (χ3v) is 1.61. The highest BCUT2D eigenvalue weighted by atomic mass is 16.2. The van der Waals surface area contributed by atoms with Crippen molar-refractivity contribution < 1.29 is 4.79 Å². The van der Waals surface area contributed by atoms with Gasteiger partial charge in [0.05, 0.1) is 0 Å². The highest BCUT2D eigenvalue weighted by molar-refractivity contribution is 6.08. The average molecular weight is 169 g/mol. The summed E-state index contributed by atoms with van der Waals surface area (Å²) in [6, 6.07) is -0.198. The lowest BCUT2D eigenvalue weighted by atomic mass is 10.0. The molecular formula is C7H16BN3O. The first-order chi connectivity index (χ1) is 5.59. The molecule has 0 aliphatic carbocycles. The molecule has 0 spiro atoms. The topological polar surface area (TPSA) is 56.2 Å². The van der Waals surface area contributed by atoms with Gasteiger partial charge in [-0.2, -0.15) is 0 Å². The number of amides is 2. The molecule has 0 rings (SSSR count). The molecule has 0 fully saturated rings. The second kappa shape index (κ2) is 5.63. The van der Waals surface area contributed by atoms with Crippen LogP contribution >= 0.6 is 0 Å². The number of carbonyl (C=O) groups excluding carboxylic acids is 1. The molecule has 0 aliphatic heterocycles. The smallest absolute Gasteiger partial charge is 0.322 e.